The Balaban J connectivity index is 1.93. The van der Waals surface area contributed by atoms with Gasteiger partial charge in [-0.3, -0.25) is 14.6 Å². The Labute approximate surface area is 140 Å². The molecule has 1 aromatic heterocycles. The number of halogens is 1. The van der Waals surface area contributed by atoms with Crippen molar-refractivity contribution in [2.45, 2.75) is 0 Å². The molecule has 3 N–H and O–H groups in total. The standard InChI is InChI=1S/C17H12BrN3O2/c18-12-5-6-14-10(8-12)7-11(9-20-14)17(23)21-15-4-2-1-3-13(15)16(19)22/h1-9H,(H2,19,22)(H,21,23). The number of carbonyl (C=O) groups excluding carboxylic acids is 2. The monoisotopic (exact) mass is 369 g/mol. The van der Waals surface area contributed by atoms with E-state index in [1.54, 1.807) is 30.3 Å². The van der Waals surface area contributed by atoms with Gasteiger partial charge in [0, 0.05) is 16.1 Å². The van der Waals surface area contributed by atoms with Crippen molar-refractivity contribution in [1.82, 2.24) is 4.98 Å². The summed E-state index contributed by atoms with van der Waals surface area (Å²) in [4.78, 5) is 28.1. The number of rotatable bonds is 3. The first-order chi connectivity index (χ1) is 11.0. The lowest BCUT2D eigenvalue weighted by Gasteiger charge is -2.09. The number of hydrogen-bond acceptors (Lipinski definition) is 3. The van der Waals surface area contributed by atoms with E-state index in [1.165, 1.54) is 6.20 Å². The van der Waals surface area contributed by atoms with E-state index in [0.717, 1.165) is 15.4 Å². The lowest BCUT2D eigenvalue weighted by molar-refractivity contribution is 0.100. The Kier molecular flexibility index (Phi) is 4.08. The second-order valence-corrected chi connectivity index (χ2v) is 5.84. The summed E-state index contributed by atoms with van der Waals surface area (Å²) in [6.07, 6.45) is 1.50. The molecular weight excluding hydrogens is 358 g/mol. The van der Waals surface area contributed by atoms with Gasteiger partial charge in [-0.1, -0.05) is 28.1 Å². The SMILES string of the molecule is NC(=O)c1ccccc1NC(=O)c1cnc2ccc(Br)cc2c1. The molecule has 0 unspecified atom stereocenters. The molecule has 23 heavy (non-hydrogen) atoms. The van der Waals surface area contributed by atoms with Gasteiger partial charge in [-0.05, 0) is 36.4 Å². The molecule has 0 spiro atoms. The average molecular weight is 370 g/mol. The van der Waals surface area contributed by atoms with Crippen molar-refractivity contribution >= 4 is 44.3 Å². The molecule has 3 rings (SSSR count). The molecule has 5 nitrogen and oxygen atoms in total. The number of anilines is 1. The first-order valence-corrected chi connectivity index (χ1v) is 7.59. The van der Waals surface area contributed by atoms with Gasteiger partial charge < -0.3 is 11.1 Å². The molecule has 0 saturated heterocycles. The topological polar surface area (TPSA) is 85.1 Å². The number of carbonyl (C=O) groups is 2. The highest BCUT2D eigenvalue weighted by Gasteiger charge is 2.12. The second kappa shape index (κ2) is 6.18. The predicted octanol–water partition coefficient (Wildman–Crippen LogP) is 3.35. The van der Waals surface area contributed by atoms with Crippen LogP contribution in [0.15, 0.2) is 59.2 Å². The van der Waals surface area contributed by atoms with Crippen LogP contribution in [0.4, 0.5) is 5.69 Å². The molecule has 0 saturated carbocycles. The third-order valence-corrected chi connectivity index (χ3v) is 3.84. The van der Waals surface area contributed by atoms with E-state index in [0.29, 0.717) is 11.3 Å². The molecule has 0 radical (unpaired) electrons. The van der Waals surface area contributed by atoms with Crippen molar-refractivity contribution in [3.05, 3.63) is 70.3 Å². The molecule has 0 aliphatic rings. The van der Waals surface area contributed by atoms with Crippen molar-refractivity contribution in [3.8, 4) is 0 Å². The van der Waals surface area contributed by atoms with Gasteiger partial charge in [-0.15, -0.1) is 0 Å². The zero-order valence-corrected chi connectivity index (χ0v) is 13.5. The van der Waals surface area contributed by atoms with E-state index >= 15 is 0 Å². The number of amides is 2. The highest BCUT2D eigenvalue weighted by molar-refractivity contribution is 9.10. The van der Waals surface area contributed by atoms with Crippen LogP contribution < -0.4 is 11.1 Å². The van der Waals surface area contributed by atoms with Crippen LogP contribution in [0.1, 0.15) is 20.7 Å². The van der Waals surface area contributed by atoms with Gasteiger partial charge in [0.15, 0.2) is 0 Å². The van der Waals surface area contributed by atoms with Crippen molar-refractivity contribution in [2.75, 3.05) is 5.32 Å². The minimum absolute atomic E-state index is 0.261. The maximum Gasteiger partial charge on any atom is 0.257 e. The maximum absolute atomic E-state index is 12.4. The fourth-order valence-corrected chi connectivity index (χ4v) is 2.61. The van der Waals surface area contributed by atoms with Gasteiger partial charge >= 0.3 is 0 Å². The first kappa shape index (κ1) is 15.2. The van der Waals surface area contributed by atoms with Crippen LogP contribution in [-0.4, -0.2) is 16.8 Å². The Morgan fingerprint density at radius 3 is 2.65 bits per heavy atom. The highest BCUT2D eigenvalue weighted by Crippen LogP contribution is 2.20. The summed E-state index contributed by atoms with van der Waals surface area (Å²) >= 11 is 3.39. The van der Waals surface area contributed by atoms with Crippen molar-refractivity contribution in [2.24, 2.45) is 5.73 Å². The van der Waals surface area contributed by atoms with E-state index < -0.39 is 5.91 Å². The Morgan fingerprint density at radius 1 is 1.09 bits per heavy atom. The largest absolute Gasteiger partial charge is 0.366 e. The van der Waals surface area contributed by atoms with E-state index in [1.807, 2.05) is 18.2 Å². The number of benzene rings is 2. The van der Waals surface area contributed by atoms with Crippen LogP contribution in [0.5, 0.6) is 0 Å². The molecule has 0 atom stereocenters. The summed E-state index contributed by atoms with van der Waals surface area (Å²) in [5.74, 6) is -0.949. The number of fused-ring (bicyclic) bond motifs is 1. The lowest BCUT2D eigenvalue weighted by atomic mass is 10.1. The van der Waals surface area contributed by atoms with Crippen molar-refractivity contribution in [3.63, 3.8) is 0 Å². The Hall–Kier alpha value is -2.73. The summed E-state index contributed by atoms with van der Waals surface area (Å²) in [7, 11) is 0. The van der Waals surface area contributed by atoms with Crippen LogP contribution in [0, 0.1) is 0 Å². The molecular formula is C17H12BrN3O2. The second-order valence-electron chi connectivity index (χ2n) is 4.92. The third kappa shape index (κ3) is 3.22. The number of primary amides is 1. The Bertz CT molecular complexity index is 925. The molecule has 3 aromatic rings. The summed E-state index contributed by atoms with van der Waals surface area (Å²) in [5.41, 5.74) is 7.14. The third-order valence-electron chi connectivity index (χ3n) is 3.35. The molecule has 114 valence electrons. The minimum atomic E-state index is -0.596. The quantitative estimate of drug-likeness (QED) is 0.742. The molecule has 2 aromatic carbocycles. The molecule has 6 heteroatoms. The summed E-state index contributed by atoms with van der Waals surface area (Å²) < 4.78 is 0.906. The van der Waals surface area contributed by atoms with Crippen LogP contribution in [0.3, 0.4) is 0 Å². The van der Waals surface area contributed by atoms with Crippen LogP contribution in [0.25, 0.3) is 10.9 Å². The number of nitrogens with one attached hydrogen (secondary N) is 1. The first-order valence-electron chi connectivity index (χ1n) is 6.80. The Morgan fingerprint density at radius 2 is 1.87 bits per heavy atom. The number of nitrogens with zero attached hydrogens (tertiary/aromatic N) is 1. The fourth-order valence-electron chi connectivity index (χ4n) is 2.23. The normalized spacial score (nSPS) is 10.5. The smallest absolute Gasteiger partial charge is 0.257 e. The molecule has 0 fully saturated rings. The summed E-state index contributed by atoms with van der Waals surface area (Å²) in [6.45, 7) is 0. The lowest BCUT2D eigenvalue weighted by Crippen LogP contribution is -2.18. The van der Waals surface area contributed by atoms with Gasteiger partial charge in [-0.2, -0.15) is 0 Å². The number of pyridine rings is 1. The number of para-hydroxylation sites is 1. The van der Waals surface area contributed by atoms with E-state index in [2.05, 4.69) is 26.2 Å². The van der Waals surface area contributed by atoms with Crippen LogP contribution >= 0.6 is 15.9 Å². The van der Waals surface area contributed by atoms with Gasteiger partial charge in [0.25, 0.3) is 11.8 Å². The number of hydrogen-bond donors (Lipinski definition) is 2. The predicted molar refractivity (Wildman–Crippen MR) is 92.4 cm³/mol. The average Bonchev–Trinajstić information content (AvgIpc) is 2.54. The molecule has 2 amide bonds. The summed E-state index contributed by atoms with van der Waals surface area (Å²) in [5, 5.41) is 3.54. The zero-order chi connectivity index (χ0) is 16.4. The van der Waals surface area contributed by atoms with Gasteiger partial charge in [0.1, 0.15) is 0 Å². The number of aromatic nitrogens is 1. The van der Waals surface area contributed by atoms with Gasteiger partial charge in [0.05, 0.1) is 22.3 Å². The maximum atomic E-state index is 12.4. The van der Waals surface area contributed by atoms with Crippen LogP contribution in [0.2, 0.25) is 0 Å². The zero-order valence-electron chi connectivity index (χ0n) is 11.9. The molecule has 0 aliphatic heterocycles. The highest BCUT2D eigenvalue weighted by atomic mass is 79.9. The van der Waals surface area contributed by atoms with E-state index in [4.69, 9.17) is 5.73 Å². The molecule has 0 aliphatic carbocycles. The molecule has 1 heterocycles. The summed E-state index contributed by atoms with van der Waals surface area (Å²) in [6, 6.07) is 14.0. The van der Waals surface area contributed by atoms with E-state index in [9.17, 15) is 9.59 Å². The minimum Gasteiger partial charge on any atom is -0.366 e. The van der Waals surface area contributed by atoms with Crippen molar-refractivity contribution < 1.29 is 9.59 Å². The van der Waals surface area contributed by atoms with Crippen LogP contribution in [-0.2, 0) is 0 Å². The van der Waals surface area contributed by atoms with E-state index in [-0.39, 0.29) is 11.5 Å². The number of nitrogens with two attached hydrogens (primary N) is 1. The van der Waals surface area contributed by atoms with Crippen molar-refractivity contribution in [1.29, 1.82) is 0 Å². The molecule has 0 bridgehead atoms. The fraction of sp³-hybridized carbons (Fsp3) is 0. The van der Waals surface area contributed by atoms with Gasteiger partial charge in [-0.25, -0.2) is 0 Å². The van der Waals surface area contributed by atoms with Gasteiger partial charge in [0.2, 0.25) is 0 Å².